The van der Waals surface area contributed by atoms with Crippen LogP contribution in [0.2, 0.25) is 5.02 Å². The molecule has 0 bridgehead atoms. The lowest BCUT2D eigenvalue weighted by atomic mass is 10.1. The van der Waals surface area contributed by atoms with Crippen LogP contribution in [0.1, 0.15) is 15.9 Å². The number of benzene rings is 3. The number of carbonyl (C=O) groups is 1. The summed E-state index contributed by atoms with van der Waals surface area (Å²) in [4.78, 5) is 21.7. The fourth-order valence-corrected chi connectivity index (χ4v) is 4.53. The molecule has 2 aromatic heterocycles. The molecular formula is C23H16ClN3O2S. The number of methoxy groups -OCH3 is 1. The van der Waals surface area contributed by atoms with Gasteiger partial charge in [0.15, 0.2) is 5.16 Å². The maximum atomic E-state index is 12.0. The molecule has 0 saturated heterocycles. The van der Waals surface area contributed by atoms with Gasteiger partial charge in [0.1, 0.15) is 5.65 Å². The Morgan fingerprint density at radius 3 is 2.63 bits per heavy atom. The SMILES string of the molecule is COC(=O)c1ccc2c(c1)nc(SCc1ccc(Cl)cc1)n1c3ccccc3nc21. The second-order valence-electron chi connectivity index (χ2n) is 6.79. The van der Waals surface area contributed by atoms with Crippen LogP contribution in [0.15, 0.2) is 71.9 Å². The first-order valence-corrected chi connectivity index (χ1v) is 10.7. The number of hydrogen-bond acceptors (Lipinski definition) is 5. The van der Waals surface area contributed by atoms with Crippen LogP contribution in [0.5, 0.6) is 0 Å². The number of thioether (sulfide) groups is 1. The Labute approximate surface area is 181 Å². The number of ether oxygens (including phenoxy) is 1. The summed E-state index contributed by atoms with van der Waals surface area (Å²) in [5.41, 5.74) is 5.03. The third-order valence-electron chi connectivity index (χ3n) is 4.91. The maximum Gasteiger partial charge on any atom is 0.337 e. The number of para-hydroxylation sites is 2. The quantitative estimate of drug-likeness (QED) is 0.204. The smallest absolute Gasteiger partial charge is 0.337 e. The van der Waals surface area contributed by atoms with Crippen molar-refractivity contribution in [1.29, 1.82) is 0 Å². The van der Waals surface area contributed by atoms with Crippen LogP contribution >= 0.6 is 23.4 Å². The van der Waals surface area contributed by atoms with E-state index in [1.807, 2.05) is 54.6 Å². The lowest BCUT2D eigenvalue weighted by Crippen LogP contribution is -2.02. The van der Waals surface area contributed by atoms with Gasteiger partial charge >= 0.3 is 5.97 Å². The van der Waals surface area contributed by atoms with Crippen LogP contribution in [0, 0.1) is 0 Å². The van der Waals surface area contributed by atoms with Crippen molar-refractivity contribution in [2.24, 2.45) is 0 Å². The summed E-state index contributed by atoms with van der Waals surface area (Å²) in [5, 5.41) is 2.41. The van der Waals surface area contributed by atoms with E-state index in [0.717, 1.165) is 38.5 Å². The number of imidazole rings is 1. The molecular weight excluding hydrogens is 418 g/mol. The van der Waals surface area contributed by atoms with Gasteiger partial charge < -0.3 is 4.74 Å². The van der Waals surface area contributed by atoms with Gasteiger partial charge in [0.05, 0.1) is 29.2 Å². The number of rotatable bonds is 4. The topological polar surface area (TPSA) is 56.5 Å². The number of hydrogen-bond donors (Lipinski definition) is 0. The Balaban J connectivity index is 1.70. The van der Waals surface area contributed by atoms with Crippen LogP contribution < -0.4 is 0 Å². The molecule has 5 aromatic rings. The van der Waals surface area contributed by atoms with E-state index in [9.17, 15) is 4.79 Å². The van der Waals surface area contributed by atoms with E-state index in [2.05, 4.69) is 4.40 Å². The van der Waals surface area contributed by atoms with Crippen molar-refractivity contribution < 1.29 is 9.53 Å². The van der Waals surface area contributed by atoms with E-state index in [4.69, 9.17) is 26.3 Å². The number of nitrogens with zero attached hydrogens (tertiary/aromatic N) is 3. The molecule has 0 spiro atoms. The summed E-state index contributed by atoms with van der Waals surface area (Å²) in [5.74, 6) is 0.344. The highest BCUT2D eigenvalue weighted by Crippen LogP contribution is 2.31. The zero-order chi connectivity index (χ0) is 20.7. The summed E-state index contributed by atoms with van der Waals surface area (Å²) in [6.45, 7) is 0. The highest BCUT2D eigenvalue weighted by molar-refractivity contribution is 7.98. The third-order valence-corrected chi connectivity index (χ3v) is 6.17. The number of esters is 1. The summed E-state index contributed by atoms with van der Waals surface area (Å²) in [6.07, 6.45) is 0. The van der Waals surface area contributed by atoms with E-state index in [1.54, 1.807) is 23.9 Å². The van der Waals surface area contributed by atoms with Crippen molar-refractivity contribution in [2.45, 2.75) is 10.9 Å². The van der Waals surface area contributed by atoms with Gasteiger partial charge in [-0.25, -0.2) is 14.8 Å². The second-order valence-corrected chi connectivity index (χ2v) is 8.17. The zero-order valence-corrected chi connectivity index (χ0v) is 17.6. The van der Waals surface area contributed by atoms with Crippen molar-refractivity contribution in [3.63, 3.8) is 0 Å². The highest BCUT2D eigenvalue weighted by atomic mass is 35.5. The molecule has 148 valence electrons. The van der Waals surface area contributed by atoms with Crippen LogP contribution in [0.3, 0.4) is 0 Å². The normalized spacial score (nSPS) is 11.4. The lowest BCUT2D eigenvalue weighted by Gasteiger charge is -2.09. The summed E-state index contributed by atoms with van der Waals surface area (Å²) >= 11 is 7.62. The first-order valence-electron chi connectivity index (χ1n) is 9.30. The molecule has 30 heavy (non-hydrogen) atoms. The Morgan fingerprint density at radius 1 is 1.03 bits per heavy atom. The van der Waals surface area contributed by atoms with Gasteiger partial charge in [0, 0.05) is 16.2 Å². The standard InChI is InChI=1S/C23H16ClN3O2S/c1-29-22(28)15-8-11-17-19(12-15)26-23(30-13-14-6-9-16(24)10-7-14)27-20-5-3-2-4-18(20)25-21(17)27/h2-12H,13H2,1H3. The fraction of sp³-hybridized carbons (Fsp3) is 0.0870. The minimum absolute atomic E-state index is 0.387. The van der Waals surface area contributed by atoms with Crippen LogP contribution in [-0.2, 0) is 10.5 Å². The average Bonchev–Trinajstić information content (AvgIpc) is 3.17. The monoisotopic (exact) mass is 433 g/mol. The summed E-state index contributed by atoms with van der Waals surface area (Å²) in [6, 6.07) is 21.2. The Morgan fingerprint density at radius 2 is 1.83 bits per heavy atom. The number of carbonyl (C=O) groups excluding carboxylic acids is 1. The predicted molar refractivity (Wildman–Crippen MR) is 120 cm³/mol. The van der Waals surface area contributed by atoms with Gasteiger partial charge in [-0.05, 0) is 48.0 Å². The van der Waals surface area contributed by atoms with Crippen LogP contribution in [0.25, 0.3) is 27.6 Å². The van der Waals surface area contributed by atoms with Gasteiger partial charge in [0.25, 0.3) is 0 Å². The van der Waals surface area contributed by atoms with E-state index in [-0.39, 0.29) is 5.97 Å². The molecule has 0 amide bonds. The van der Waals surface area contributed by atoms with Crippen molar-refractivity contribution in [3.05, 3.63) is 82.9 Å². The molecule has 5 nitrogen and oxygen atoms in total. The number of fused-ring (bicyclic) bond motifs is 5. The molecule has 0 unspecified atom stereocenters. The molecule has 0 aliphatic carbocycles. The van der Waals surface area contributed by atoms with Crippen molar-refractivity contribution in [1.82, 2.24) is 14.4 Å². The van der Waals surface area contributed by atoms with Crippen molar-refractivity contribution >= 4 is 56.9 Å². The average molecular weight is 434 g/mol. The summed E-state index contributed by atoms with van der Waals surface area (Å²) < 4.78 is 6.94. The molecule has 3 aromatic carbocycles. The first-order chi connectivity index (χ1) is 14.6. The van der Waals surface area contributed by atoms with Crippen molar-refractivity contribution in [3.8, 4) is 0 Å². The largest absolute Gasteiger partial charge is 0.465 e. The minimum atomic E-state index is -0.387. The zero-order valence-electron chi connectivity index (χ0n) is 16.0. The maximum absolute atomic E-state index is 12.0. The van der Waals surface area contributed by atoms with E-state index in [0.29, 0.717) is 16.1 Å². The number of aromatic nitrogens is 3. The Kier molecular flexibility index (Phi) is 4.81. The Bertz CT molecular complexity index is 1410. The van der Waals surface area contributed by atoms with Gasteiger partial charge in [-0.2, -0.15) is 0 Å². The summed E-state index contributed by atoms with van der Waals surface area (Å²) in [7, 11) is 1.37. The molecule has 0 atom stereocenters. The van der Waals surface area contributed by atoms with Crippen molar-refractivity contribution in [2.75, 3.05) is 7.11 Å². The molecule has 2 heterocycles. The molecule has 0 saturated carbocycles. The van der Waals surface area contributed by atoms with E-state index >= 15 is 0 Å². The third kappa shape index (κ3) is 3.28. The molecule has 0 aliphatic heterocycles. The molecule has 5 rings (SSSR count). The second kappa shape index (κ2) is 7.63. The van der Waals surface area contributed by atoms with E-state index in [1.165, 1.54) is 7.11 Å². The minimum Gasteiger partial charge on any atom is -0.465 e. The van der Waals surface area contributed by atoms with Crippen LogP contribution in [-0.4, -0.2) is 27.4 Å². The Hall–Kier alpha value is -3.09. The van der Waals surface area contributed by atoms with E-state index < -0.39 is 0 Å². The van der Waals surface area contributed by atoms with Gasteiger partial charge in [0.2, 0.25) is 0 Å². The fourth-order valence-electron chi connectivity index (χ4n) is 3.44. The highest BCUT2D eigenvalue weighted by Gasteiger charge is 2.16. The van der Waals surface area contributed by atoms with Gasteiger partial charge in [-0.15, -0.1) is 0 Å². The lowest BCUT2D eigenvalue weighted by molar-refractivity contribution is 0.0601. The predicted octanol–water partition coefficient (Wildman–Crippen LogP) is 5.77. The van der Waals surface area contributed by atoms with Gasteiger partial charge in [-0.1, -0.05) is 47.6 Å². The molecule has 0 aliphatic rings. The van der Waals surface area contributed by atoms with Crippen LogP contribution in [0.4, 0.5) is 0 Å². The molecule has 7 heteroatoms. The molecule has 0 N–H and O–H groups in total. The molecule has 0 radical (unpaired) electrons. The van der Waals surface area contributed by atoms with Gasteiger partial charge in [-0.3, -0.25) is 4.40 Å². The first kappa shape index (κ1) is 18.9. The number of halogens is 1. The molecule has 0 fully saturated rings.